The summed E-state index contributed by atoms with van der Waals surface area (Å²) in [7, 11) is 0. The van der Waals surface area contributed by atoms with Crippen LogP contribution in [0.1, 0.15) is 23.7 Å². The maximum absolute atomic E-state index is 11.7. The van der Waals surface area contributed by atoms with Gasteiger partial charge in [-0.3, -0.25) is 9.59 Å². The normalized spacial score (nSPS) is 11.8. The molecule has 0 saturated heterocycles. The Bertz CT molecular complexity index is 458. The second-order valence-corrected chi connectivity index (χ2v) is 3.86. The van der Waals surface area contributed by atoms with Gasteiger partial charge in [-0.05, 0) is 24.6 Å². The molecule has 6 heteroatoms. The third-order valence-electron chi connectivity index (χ3n) is 2.59. The molecule has 1 aromatic carbocycles. The summed E-state index contributed by atoms with van der Waals surface area (Å²) >= 11 is 0. The first-order valence-electron chi connectivity index (χ1n) is 5.48. The van der Waals surface area contributed by atoms with Crippen molar-refractivity contribution in [2.75, 3.05) is 6.54 Å². The van der Waals surface area contributed by atoms with Crippen molar-refractivity contribution in [1.82, 2.24) is 5.32 Å². The standard InChI is InChI=1S/C12H15NO5/c1-2-7(12(17)18)6-13-11(16)8-3-4-9(14)10(15)5-8/h3-5,7,14-15H,2,6H2,1H3,(H,13,16)(H,17,18). The highest BCUT2D eigenvalue weighted by molar-refractivity contribution is 5.95. The van der Waals surface area contributed by atoms with Gasteiger partial charge in [0, 0.05) is 12.1 Å². The van der Waals surface area contributed by atoms with Crippen molar-refractivity contribution in [3.63, 3.8) is 0 Å². The average Bonchev–Trinajstić information content (AvgIpc) is 2.32. The summed E-state index contributed by atoms with van der Waals surface area (Å²) in [5.41, 5.74) is 0.158. The van der Waals surface area contributed by atoms with E-state index in [1.54, 1.807) is 6.92 Å². The molecule has 98 valence electrons. The number of carboxylic acids is 1. The van der Waals surface area contributed by atoms with Crippen molar-refractivity contribution in [2.24, 2.45) is 5.92 Å². The van der Waals surface area contributed by atoms with E-state index in [0.717, 1.165) is 6.07 Å². The molecule has 0 fully saturated rings. The summed E-state index contributed by atoms with van der Waals surface area (Å²) in [4.78, 5) is 22.4. The third kappa shape index (κ3) is 3.38. The van der Waals surface area contributed by atoms with Crippen LogP contribution in [0.25, 0.3) is 0 Å². The van der Waals surface area contributed by atoms with Gasteiger partial charge in [-0.1, -0.05) is 6.92 Å². The molecule has 1 atom stereocenters. The average molecular weight is 253 g/mol. The lowest BCUT2D eigenvalue weighted by atomic mass is 10.1. The summed E-state index contributed by atoms with van der Waals surface area (Å²) in [6, 6.07) is 3.65. The highest BCUT2D eigenvalue weighted by atomic mass is 16.4. The van der Waals surface area contributed by atoms with Crippen LogP contribution in [0.2, 0.25) is 0 Å². The molecule has 1 amide bonds. The zero-order valence-corrected chi connectivity index (χ0v) is 9.88. The van der Waals surface area contributed by atoms with Crippen molar-refractivity contribution >= 4 is 11.9 Å². The molecular weight excluding hydrogens is 238 g/mol. The highest BCUT2D eigenvalue weighted by Gasteiger charge is 2.16. The number of aromatic hydroxyl groups is 2. The summed E-state index contributed by atoms with van der Waals surface area (Å²) in [6.45, 7) is 1.74. The number of hydrogen-bond acceptors (Lipinski definition) is 4. The van der Waals surface area contributed by atoms with E-state index in [1.165, 1.54) is 12.1 Å². The monoisotopic (exact) mass is 253 g/mol. The van der Waals surface area contributed by atoms with Crippen LogP contribution in [0.3, 0.4) is 0 Å². The molecule has 0 saturated carbocycles. The zero-order chi connectivity index (χ0) is 13.7. The minimum Gasteiger partial charge on any atom is -0.504 e. The van der Waals surface area contributed by atoms with Crippen molar-refractivity contribution < 1.29 is 24.9 Å². The Morgan fingerprint density at radius 3 is 2.44 bits per heavy atom. The smallest absolute Gasteiger partial charge is 0.308 e. The van der Waals surface area contributed by atoms with E-state index in [1.807, 2.05) is 0 Å². The molecule has 0 bridgehead atoms. The Kier molecular flexibility index (Phi) is 4.53. The van der Waals surface area contributed by atoms with Crippen molar-refractivity contribution in [1.29, 1.82) is 0 Å². The van der Waals surface area contributed by atoms with Gasteiger partial charge in [0.15, 0.2) is 11.5 Å². The molecule has 18 heavy (non-hydrogen) atoms. The first-order chi connectivity index (χ1) is 8.45. The van der Waals surface area contributed by atoms with Crippen LogP contribution in [0, 0.1) is 5.92 Å². The largest absolute Gasteiger partial charge is 0.504 e. The van der Waals surface area contributed by atoms with Gasteiger partial charge < -0.3 is 20.6 Å². The van der Waals surface area contributed by atoms with Crippen LogP contribution >= 0.6 is 0 Å². The van der Waals surface area contributed by atoms with E-state index in [4.69, 9.17) is 10.2 Å². The molecule has 1 rings (SSSR count). The van der Waals surface area contributed by atoms with Crippen molar-refractivity contribution in [2.45, 2.75) is 13.3 Å². The van der Waals surface area contributed by atoms with Crippen LogP contribution in [0.15, 0.2) is 18.2 Å². The maximum atomic E-state index is 11.7. The number of carbonyl (C=O) groups excluding carboxylic acids is 1. The topological polar surface area (TPSA) is 107 Å². The molecule has 0 radical (unpaired) electrons. The van der Waals surface area contributed by atoms with Gasteiger partial charge in [0.1, 0.15) is 0 Å². The lowest BCUT2D eigenvalue weighted by Crippen LogP contribution is -2.32. The molecule has 0 aliphatic heterocycles. The van der Waals surface area contributed by atoms with Gasteiger partial charge in [-0.2, -0.15) is 0 Å². The van der Waals surface area contributed by atoms with Gasteiger partial charge in [-0.15, -0.1) is 0 Å². The van der Waals surface area contributed by atoms with Gasteiger partial charge >= 0.3 is 5.97 Å². The number of nitrogens with one attached hydrogen (secondary N) is 1. The number of phenols is 2. The molecule has 0 heterocycles. The Balaban J connectivity index is 2.65. The van der Waals surface area contributed by atoms with E-state index in [-0.39, 0.29) is 17.9 Å². The van der Waals surface area contributed by atoms with Gasteiger partial charge in [0.05, 0.1) is 5.92 Å². The molecule has 1 aromatic rings. The lowest BCUT2D eigenvalue weighted by molar-refractivity contribution is -0.141. The van der Waals surface area contributed by atoms with Crippen LogP contribution in [-0.2, 0) is 4.79 Å². The Morgan fingerprint density at radius 1 is 1.28 bits per heavy atom. The molecular formula is C12H15NO5. The summed E-state index contributed by atoms with van der Waals surface area (Å²) in [5, 5.41) is 29.6. The fourth-order valence-corrected chi connectivity index (χ4v) is 1.39. The zero-order valence-electron chi connectivity index (χ0n) is 9.88. The number of phenolic OH excluding ortho intramolecular Hbond substituents is 2. The van der Waals surface area contributed by atoms with Crippen molar-refractivity contribution in [3.05, 3.63) is 23.8 Å². The fraction of sp³-hybridized carbons (Fsp3) is 0.333. The quantitative estimate of drug-likeness (QED) is 0.584. The minimum atomic E-state index is -0.966. The van der Waals surface area contributed by atoms with Gasteiger partial charge in [-0.25, -0.2) is 0 Å². The number of amides is 1. The van der Waals surface area contributed by atoms with Crippen LogP contribution in [0.5, 0.6) is 11.5 Å². The number of rotatable bonds is 5. The van der Waals surface area contributed by atoms with E-state index >= 15 is 0 Å². The Hall–Kier alpha value is -2.24. The van der Waals surface area contributed by atoms with Crippen LogP contribution < -0.4 is 5.32 Å². The fourth-order valence-electron chi connectivity index (χ4n) is 1.39. The molecule has 1 unspecified atom stereocenters. The van der Waals surface area contributed by atoms with E-state index in [9.17, 15) is 14.7 Å². The second-order valence-electron chi connectivity index (χ2n) is 3.86. The van der Waals surface area contributed by atoms with Gasteiger partial charge in [0.2, 0.25) is 0 Å². The SMILES string of the molecule is CCC(CNC(=O)c1ccc(O)c(O)c1)C(=O)O. The minimum absolute atomic E-state index is 0.0201. The van der Waals surface area contributed by atoms with Gasteiger partial charge in [0.25, 0.3) is 5.91 Å². The molecule has 4 N–H and O–H groups in total. The first-order valence-corrected chi connectivity index (χ1v) is 5.48. The number of hydrogen-bond donors (Lipinski definition) is 4. The van der Waals surface area contributed by atoms with Crippen LogP contribution in [0.4, 0.5) is 0 Å². The lowest BCUT2D eigenvalue weighted by Gasteiger charge is -2.11. The van der Waals surface area contributed by atoms with E-state index < -0.39 is 23.5 Å². The molecule has 0 spiro atoms. The summed E-state index contributed by atoms with van der Waals surface area (Å²) in [6.07, 6.45) is 0.413. The van der Waals surface area contributed by atoms with Crippen molar-refractivity contribution in [3.8, 4) is 11.5 Å². The molecule has 0 aromatic heterocycles. The number of carbonyl (C=O) groups is 2. The highest BCUT2D eigenvalue weighted by Crippen LogP contribution is 2.24. The summed E-state index contributed by atoms with van der Waals surface area (Å²) in [5.74, 6) is -2.81. The molecule has 0 aliphatic carbocycles. The summed E-state index contributed by atoms with van der Waals surface area (Å²) < 4.78 is 0. The van der Waals surface area contributed by atoms with Crippen LogP contribution in [-0.4, -0.2) is 33.7 Å². The number of benzene rings is 1. The molecule has 0 aliphatic rings. The second kappa shape index (κ2) is 5.90. The Morgan fingerprint density at radius 2 is 1.94 bits per heavy atom. The third-order valence-corrected chi connectivity index (χ3v) is 2.59. The van der Waals surface area contributed by atoms with E-state index in [0.29, 0.717) is 6.42 Å². The number of aliphatic carboxylic acids is 1. The molecule has 6 nitrogen and oxygen atoms in total. The number of carboxylic acid groups (broad SMARTS) is 1. The maximum Gasteiger partial charge on any atom is 0.308 e. The Labute approximate surface area is 104 Å². The first kappa shape index (κ1) is 13.8. The predicted molar refractivity (Wildman–Crippen MR) is 63.5 cm³/mol. The predicted octanol–water partition coefficient (Wildman–Crippen LogP) is 0.938. The van der Waals surface area contributed by atoms with E-state index in [2.05, 4.69) is 5.32 Å².